The van der Waals surface area contributed by atoms with E-state index in [0.29, 0.717) is 13.2 Å². The molecule has 1 fully saturated rings. The van der Waals surface area contributed by atoms with Crippen molar-refractivity contribution < 1.29 is 19.1 Å². The van der Waals surface area contributed by atoms with Gasteiger partial charge in [-0.1, -0.05) is 36.4 Å². The van der Waals surface area contributed by atoms with Crippen molar-refractivity contribution in [2.24, 2.45) is 23.7 Å². The highest BCUT2D eigenvalue weighted by Gasteiger charge is 2.60. The molecule has 0 unspecified atom stereocenters. The van der Waals surface area contributed by atoms with Crippen LogP contribution in [0.2, 0.25) is 0 Å². The third kappa shape index (κ3) is 2.35. The maximum Gasteiger partial charge on any atom is 0.334 e. The Labute approximate surface area is 147 Å². The summed E-state index contributed by atoms with van der Waals surface area (Å²) >= 11 is 0. The Morgan fingerprint density at radius 3 is 2.36 bits per heavy atom. The smallest absolute Gasteiger partial charge is 0.334 e. The fourth-order valence-corrected chi connectivity index (χ4v) is 4.84. The van der Waals surface area contributed by atoms with Crippen LogP contribution in [0.15, 0.2) is 47.6 Å². The molecule has 0 amide bonds. The number of fused-ring (bicyclic) bond motifs is 5. The molecular formula is C21H22O4. The minimum Gasteiger partial charge on any atom is -0.463 e. The Bertz CT molecular complexity index is 774. The van der Waals surface area contributed by atoms with E-state index < -0.39 is 0 Å². The Hall–Kier alpha value is -2.36. The zero-order valence-electron chi connectivity index (χ0n) is 14.5. The molecule has 4 atom stereocenters. The van der Waals surface area contributed by atoms with Crippen LogP contribution < -0.4 is 0 Å². The summed E-state index contributed by atoms with van der Waals surface area (Å²) in [6.45, 7) is 4.42. The van der Waals surface area contributed by atoms with Crippen LogP contribution in [0.3, 0.4) is 0 Å². The van der Waals surface area contributed by atoms with Crippen LogP contribution in [0.5, 0.6) is 0 Å². The van der Waals surface area contributed by atoms with Crippen LogP contribution in [0.4, 0.5) is 0 Å². The molecule has 4 rings (SSSR count). The fourth-order valence-electron chi connectivity index (χ4n) is 4.84. The van der Waals surface area contributed by atoms with E-state index in [2.05, 4.69) is 0 Å². The number of carbonyl (C=O) groups is 2. The van der Waals surface area contributed by atoms with Gasteiger partial charge in [-0.15, -0.1) is 0 Å². The molecule has 0 spiro atoms. The summed E-state index contributed by atoms with van der Waals surface area (Å²) in [4.78, 5) is 24.8. The van der Waals surface area contributed by atoms with Gasteiger partial charge in [-0.05, 0) is 49.2 Å². The number of hydrogen-bond donors (Lipinski definition) is 0. The summed E-state index contributed by atoms with van der Waals surface area (Å²) in [7, 11) is 0. The van der Waals surface area contributed by atoms with Crippen LogP contribution in [-0.2, 0) is 19.1 Å². The zero-order valence-corrected chi connectivity index (χ0v) is 14.5. The first-order valence-corrected chi connectivity index (χ1v) is 9.02. The molecule has 1 aromatic rings. The minimum atomic E-state index is -0.207. The molecule has 0 heterocycles. The van der Waals surface area contributed by atoms with Gasteiger partial charge in [0, 0.05) is 17.1 Å². The summed E-state index contributed by atoms with van der Waals surface area (Å²) in [5, 5.41) is 0. The molecule has 4 heteroatoms. The van der Waals surface area contributed by atoms with Crippen molar-refractivity contribution in [3.05, 3.63) is 53.1 Å². The number of esters is 2. The van der Waals surface area contributed by atoms with Gasteiger partial charge in [-0.25, -0.2) is 9.59 Å². The lowest BCUT2D eigenvalue weighted by atomic mass is 9.60. The molecule has 1 saturated carbocycles. The molecule has 0 radical (unpaired) electrons. The molecule has 0 saturated heterocycles. The van der Waals surface area contributed by atoms with Gasteiger partial charge in [0.2, 0.25) is 0 Å². The fraction of sp³-hybridized carbons (Fsp3) is 0.429. The van der Waals surface area contributed by atoms with Crippen molar-refractivity contribution in [1.82, 2.24) is 0 Å². The van der Waals surface area contributed by atoms with Crippen molar-refractivity contribution >= 4 is 17.5 Å². The van der Waals surface area contributed by atoms with Crippen LogP contribution in [0, 0.1) is 23.7 Å². The highest BCUT2D eigenvalue weighted by atomic mass is 16.5. The highest BCUT2D eigenvalue weighted by Crippen LogP contribution is 2.65. The summed E-state index contributed by atoms with van der Waals surface area (Å²) in [5.74, 6) is 0.379. The molecule has 130 valence electrons. The lowest BCUT2D eigenvalue weighted by Gasteiger charge is -2.43. The average molecular weight is 338 g/mol. The lowest BCUT2D eigenvalue weighted by Crippen LogP contribution is -2.39. The monoisotopic (exact) mass is 338 g/mol. The standard InChI is InChI=1S/C21H22O4/c1-3-24-20(22)15-11-13-10-14(15)18-16(12-8-6-5-7-9-12)19(17(13)18)21(23)25-4-2/h5-9,11,13-14,17-18H,3-4,10H2,1-2H3/t13-,14+,17-,18-/m0/s1. The van der Waals surface area contributed by atoms with E-state index in [4.69, 9.17) is 9.47 Å². The largest absolute Gasteiger partial charge is 0.463 e. The predicted molar refractivity (Wildman–Crippen MR) is 93.3 cm³/mol. The molecule has 0 N–H and O–H groups in total. The maximum atomic E-state index is 12.6. The van der Waals surface area contributed by atoms with E-state index in [1.165, 1.54) is 0 Å². The van der Waals surface area contributed by atoms with Crippen LogP contribution in [0.1, 0.15) is 25.8 Å². The van der Waals surface area contributed by atoms with Crippen molar-refractivity contribution in [3.8, 4) is 0 Å². The first-order chi connectivity index (χ1) is 12.2. The maximum absolute atomic E-state index is 12.6. The number of carbonyl (C=O) groups excluding carboxylic acids is 2. The Kier molecular flexibility index (Phi) is 3.98. The molecule has 3 aliphatic carbocycles. The van der Waals surface area contributed by atoms with E-state index >= 15 is 0 Å². The van der Waals surface area contributed by atoms with Gasteiger partial charge in [0.15, 0.2) is 0 Å². The second-order valence-corrected chi connectivity index (χ2v) is 6.81. The normalized spacial score (nSPS) is 29.0. The molecule has 25 heavy (non-hydrogen) atoms. The molecule has 1 aromatic carbocycles. The number of allylic oxidation sites excluding steroid dienone is 2. The van der Waals surface area contributed by atoms with E-state index in [-0.39, 0.29) is 35.6 Å². The molecule has 2 bridgehead atoms. The van der Waals surface area contributed by atoms with Crippen molar-refractivity contribution in [2.45, 2.75) is 20.3 Å². The molecule has 3 aliphatic rings. The van der Waals surface area contributed by atoms with Crippen molar-refractivity contribution in [2.75, 3.05) is 13.2 Å². The third-order valence-corrected chi connectivity index (χ3v) is 5.65. The molecule has 4 nitrogen and oxygen atoms in total. The lowest BCUT2D eigenvalue weighted by molar-refractivity contribution is -0.139. The first kappa shape index (κ1) is 16.1. The second-order valence-electron chi connectivity index (χ2n) is 6.81. The molecule has 0 aliphatic heterocycles. The quantitative estimate of drug-likeness (QED) is 0.772. The SMILES string of the molecule is CCOC(=O)C1=C[C@@H]2C[C@H]1[C@H]1C(c3ccccc3)=C(C(=O)OCC)[C@H]12. The zero-order chi connectivity index (χ0) is 17.6. The first-order valence-electron chi connectivity index (χ1n) is 9.02. The summed E-state index contributed by atoms with van der Waals surface area (Å²) in [6, 6.07) is 9.99. The van der Waals surface area contributed by atoms with Gasteiger partial charge < -0.3 is 9.47 Å². The van der Waals surface area contributed by atoms with Gasteiger partial charge in [-0.2, -0.15) is 0 Å². The van der Waals surface area contributed by atoms with E-state index in [1.807, 2.05) is 50.3 Å². The van der Waals surface area contributed by atoms with E-state index in [1.54, 1.807) is 0 Å². The Morgan fingerprint density at radius 2 is 1.68 bits per heavy atom. The predicted octanol–water partition coefficient (Wildman–Crippen LogP) is 3.39. The molecular weight excluding hydrogens is 316 g/mol. The second kappa shape index (κ2) is 6.17. The summed E-state index contributed by atoms with van der Waals surface area (Å²) in [5.41, 5.74) is 3.73. The Morgan fingerprint density at radius 1 is 1.00 bits per heavy atom. The number of hydrogen-bond acceptors (Lipinski definition) is 4. The average Bonchev–Trinajstić information content (AvgIpc) is 3.11. The summed E-state index contributed by atoms with van der Waals surface area (Å²) in [6.07, 6.45) is 2.95. The number of rotatable bonds is 5. The summed E-state index contributed by atoms with van der Waals surface area (Å²) < 4.78 is 10.5. The minimum absolute atomic E-state index is 0.155. The third-order valence-electron chi connectivity index (χ3n) is 5.65. The van der Waals surface area contributed by atoms with Gasteiger partial charge in [0.05, 0.1) is 13.2 Å². The van der Waals surface area contributed by atoms with Gasteiger partial charge in [0.25, 0.3) is 0 Å². The Balaban J connectivity index is 1.72. The van der Waals surface area contributed by atoms with E-state index in [0.717, 1.165) is 28.7 Å². The van der Waals surface area contributed by atoms with Crippen molar-refractivity contribution in [3.63, 3.8) is 0 Å². The van der Waals surface area contributed by atoms with Crippen molar-refractivity contribution in [1.29, 1.82) is 0 Å². The van der Waals surface area contributed by atoms with E-state index in [9.17, 15) is 9.59 Å². The number of benzene rings is 1. The van der Waals surface area contributed by atoms with Gasteiger partial charge >= 0.3 is 11.9 Å². The van der Waals surface area contributed by atoms with Crippen LogP contribution in [-0.4, -0.2) is 25.2 Å². The van der Waals surface area contributed by atoms with Gasteiger partial charge in [0.1, 0.15) is 0 Å². The van der Waals surface area contributed by atoms with Gasteiger partial charge in [-0.3, -0.25) is 0 Å². The highest BCUT2D eigenvalue weighted by molar-refractivity contribution is 6.04. The number of ether oxygens (including phenoxy) is 2. The topological polar surface area (TPSA) is 52.6 Å². The molecule has 0 aromatic heterocycles. The van der Waals surface area contributed by atoms with Crippen LogP contribution in [0.25, 0.3) is 5.57 Å². The van der Waals surface area contributed by atoms with Crippen LogP contribution >= 0.6 is 0 Å².